The highest BCUT2D eigenvalue weighted by atomic mass is 35.5. The first-order valence-corrected chi connectivity index (χ1v) is 3.77. The van der Waals surface area contributed by atoms with E-state index in [0.717, 1.165) is 5.56 Å². The average Bonchev–Trinajstić information content (AvgIpc) is 1.97. The molecule has 0 saturated carbocycles. The van der Waals surface area contributed by atoms with Crippen molar-refractivity contribution in [2.45, 2.75) is 6.92 Å². The second kappa shape index (κ2) is 3.28. The van der Waals surface area contributed by atoms with Crippen LogP contribution in [0.1, 0.15) is 5.56 Å². The largest absolute Gasteiger partial charge is 0.494 e. The van der Waals surface area contributed by atoms with Crippen molar-refractivity contribution in [1.82, 2.24) is 4.98 Å². The summed E-state index contributed by atoms with van der Waals surface area (Å²) in [5, 5.41) is 0.707. The number of pyridine rings is 1. The zero-order valence-electron chi connectivity index (χ0n) is 6.19. The Balaban J connectivity index is 3.21. The summed E-state index contributed by atoms with van der Waals surface area (Å²) in [6.45, 7) is 1.84. The van der Waals surface area contributed by atoms with Crippen LogP contribution in [0.3, 0.4) is 0 Å². The molecule has 0 amide bonds. The van der Waals surface area contributed by atoms with Crippen LogP contribution in [-0.2, 0) is 0 Å². The molecule has 2 nitrogen and oxygen atoms in total. The summed E-state index contributed by atoms with van der Waals surface area (Å²) in [7, 11) is 1.54. The van der Waals surface area contributed by atoms with E-state index in [0.29, 0.717) is 16.1 Å². The van der Waals surface area contributed by atoms with Crippen molar-refractivity contribution >= 4 is 23.2 Å². The lowest BCUT2D eigenvalue weighted by molar-refractivity contribution is 0.413. The molecular weight excluding hydrogens is 185 g/mol. The average molecular weight is 192 g/mol. The van der Waals surface area contributed by atoms with E-state index >= 15 is 0 Å². The lowest BCUT2D eigenvalue weighted by Gasteiger charge is -2.03. The maximum Gasteiger partial charge on any atom is 0.172 e. The fourth-order valence-corrected chi connectivity index (χ4v) is 1.09. The number of hydrogen-bond acceptors (Lipinski definition) is 2. The summed E-state index contributed by atoms with van der Waals surface area (Å²) in [5.74, 6) is 0.550. The molecule has 1 heterocycles. The van der Waals surface area contributed by atoms with Gasteiger partial charge in [0, 0.05) is 0 Å². The second-order valence-electron chi connectivity index (χ2n) is 2.09. The Hall–Kier alpha value is -0.470. The van der Waals surface area contributed by atoms with Crippen molar-refractivity contribution in [3.8, 4) is 5.75 Å². The van der Waals surface area contributed by atoms with Gasteiger partial charge in [-0.2, -0.15) is 0 Å². The van der Waals surface area contributed by atoms with E-state index in [1.807, 2.05) is 6.92 Å². The molecule has 0 aliphatic rings. The third kappa shape index (κ3) is 1.76. The summed E-state index contributed by atoms with van der Waals surface area (Å²) in [5.41, 5.74) is 0.855. The number of ether oxygens (including phenoxy) is 1. The molecule has 1 rings (SSSR count). The van der Waals surface area contributed by atoms with Gasteiger partial charge in [-0.25, -0.2) is 4.98 Å². The number of aryl methyl sites for hydroxylation is 1. The minimum absolute atomic E-state index is 0.295. The Labute approximate surface area is 75.1 Å². The topological polar surface area (TPSA) is 22.1 Å². The quantitative estimate of drug-likeness (QED) is 0.638. The molecule has 0 saturated heterocycles. The van der Waals surface area contributed by atoms with Gasteiger partial charge in [-0.3, -0.25) is 0 Å². The minimum atomic E-state index is 0.295. The molecule has 1 aromatic rings. The van der Waals surface area contributed by atoms with Crippen LogP contribution in [0.2, 0.25) is 10.3 Å². The summed E-state index contributed by atoms with van der Waals surface area (Å²) in [6, 6.07) is 1.75. The Morgan fingerprint density at radius 2 is 2.00 bits per heavy atom. The zero-order chi connectivity index (χ0) is 8.43. The van der Waals surface area contributed by atoms with Crippen molar-refractivity contribution in [2.24, 2.45) is 0 Å². The molecule has 0 aromatic carbocycles. The second-order valence-corrected chi connectivity index (χ2v) is 2.81. The molecular formula is C7H7Cl2NO. The summed E-state index contributed by atoms with van der Waals surface area (Å²) >= 11 is 11.4. The maximum absolute atomic E-state index is 5.69. The lowest BCUT2D eigenvalue weighted by Crippen LogP contribution is -1.89. The first-order valence-electron chi connectivity index (χ1n) is 3.01. The van der Waals surface area contributed by atoms with Crippen LogP contribution < -0.4 is 4.74 Å². The number of rotatable bonds is 1. The van der Waals surface area contributed by atoms with E-state index in [4.69, 9.17) is 27.9 Å². The number of nitrogens with zero attached hydrogens (tertiary/aromatic N) is 1. The summed E-state index contributed by atoms with van der Waals surface area (Å²) in [6.07, 6.45) is 0. The van der Waals surface area contributed by atoms with Crippen LogP contribution >= 0.6 is 23.2 Å². The zero-order valence-corrected chi connectivity index (χ0v) is 7.70. The smallest absolute Gasteiger partial charge is 0.172 e. The molecule has 0 spiro atoms. The van der Waals surface area contributed by atoms with Gasteiger partial charge in [-0.1, -0.05) is 23.2 Å². The molecule has 0 aliphatic heterocycles. The van der Waals surface area contributed by atoms with Crippen molar-refractivity contribution < 1.29 is 4.74 Å². The Bertz CT molecular complexity index is 275. The van der Waals surface area contributed by atoms with Crippen LogP contribution in [0.4, 0.5) is 0 Å². The van der Waals surface area contributed by atoms with Gasteiger partial charge in [0.2, 0.25) is 0 Å². The highest BCUT2D eigenvalue weighted by Gasteiger charge is 2.04. The van der Waals surface area contributed by atoms with Crippen LogP contribution in [0.25, 0.3) is 0 Å². The number of halogens is 2. The predicted octanol–water partition coefficient (Wildman–Crippen LogP) is 2.71. The summed E-state index contributed by atoms with van der Waals surface area (Å²) < 4.78 is 4.93. The molecule has 11 heavy (non-hydrogen) atoms. The molecule has 0 aliphatic carbocycles. The Kier molecular flexibility index (Phi) is 2.58. The van der Waals surface area contributed by atoms with E-state index in [9.17, 15) is 0 Å². The predicted molar refractivity (Wildman–Crippen MR) is 45.5 cm³/mol. The van der Waals surface area contributed by atoms with Crippen molar-refractivity contribution in [3.05, 3.63) is 21.9 Å². The van der Waals surface area contributed by atoms with Gasteiger partial charge in [-0.05, 0) is 18.6 Å². The van der Waals surface area contributed by atoms with Gasteiger partial charge in [0.1, 0.15) is 5.15 Å². The first kappa shape index (κ1) is 8.62. The maximum atomic E-state index is 5.69. The molecule has 0 radical (unpaired) electrons. The molecule has 0 N–H and O–H groups in total. The van der Waals surface area contributed by atoms with E-state index in [2.05, 4.69) is 4.98 Å². The summed E-state index contributed by atoms with van der Waals surface area (Å²) in [4.78, 5) is 3.85. The van der Waals surface area contributed by atoms with E-state index in [1.165, 1.54) is 7.11 Å². The van der Waals surface area contributed by atoms with Crippen molar-refractivity contribution in [3.63, 3.8) is 0 Å². The molecule has 0 unspecified atom stereocenters. The molecule has 0 atom stereocenters. The van der Waals surface area contributed by atoms with Crippen LogP contribution in [-0.4, -0.2) is 12.1 Å². The number of aromatic nitrogens is 1. The Morgan fingerprint density at radius 1 is 1.36 bits per heavy atom. The van der Waals surface area contributed by atoms with Gasteiger partial charge in [-0.15, -0.1) is 0 Å². The molecule has 0 bridgehead atoms. The SMILES string of the molecule is COc1cc(C)c(Cl)nc1Cl. The van der Waals surface area contributed by atoms with E-state index in [-0.39, 0.29) is 0 Å². The van der Waals surface area contributed by atoms with Crippen LogP contribution in [0.5, 0.6) is 5.75 Å². The highest BCUT2D eigenvalue weighted by molar-refractivity contribution is 6.33. The first-order chi connectivity index (χ1) is 5.15. The fraction of sp³-hybridized carbons (Fsp3) is 0.286. The van der Waals surface area contributed by atoms with Gasteiger partial charge >= 0.3 is 0 Å². The number of hydrogen-bond donors (Lipinski definition) is 0. The third-order valence-electron chi connectivity index (χ3n) is 1.29. The van der Waals surface area contributed by atoms with Gasteiger partial charge < -0.3 is 4.74 Å². The van der Waals surface area contributed by atoms with Crippen LogP contribution in [0.15, 0.2) is 6.07 Å². The minimum Gasteiger partial charge on any atom is -0.494 e. The van der Waals surface area contributed by atoms with Gasteiger partial charge in [0.25, 0.3) is 0 Å². The third-order valence-corrected chi connectivity index (χ3v) is 1.95. The van der Waals surface area contributed by atoms with Crippen molar-refractivity contribution in [1.29, 1.82) is 0 Å². The normalized spacial score (nSPS) is 9.82. The fourth-order valence-electron chi connectivity index (χ4n) is 0.688. The van der Waals surface area contributed by atoms with Crippen LogP contribution in [0, 0.1) is 6.92 Å². The van der Waals surface area contributed by atoms with Crippen molar-refractivity contribution in [2.75, 3.05) is 7.11 Å². The molecule has 1 aromatic heterocycles. The Morgan fingerprint density at radius 3 is 2.55 bits per heavy atom. The molecule has 0 fully saturated rings. The molecule has 60 valence electrons. The highest BCUT2D eigenvalue weighted by Crippen LogP contribution is 2.26. The van der Waals surface area contributed by atoms with Gasteiger partial charge in [0.05, 0.1) is 7.11 Å². The monoisotopic (exact) mass is 191 g/mol. The van der Waals surface area contributed by atoms with Gasteiger partial charge in [0.15, 0.2) is 10.9 Å². The molecule has 4 heteroatoms. The number of methoxy groups -OCH3 is 1. The standard InChI is InChI=1S/C7H7Cl2NO/c1-4-3-5(11-2)7(9)10-6(4)8/h3H,1-2H3. The van der Waals surface area contributed by atoms with E-state index in [1.54, 1.807) is 6.07 Å². The lowest BCUT2D eigenvalue weighted by atomic mass is 10.3. The van der Waals surface area contributed by atoms with E-state index < -0.39 is 0 Å².